The molecule has 2 aromatic carbocycles. The van der Waals surface area contributed by atoms with E-state index in [0.29, 0.717) is 0 Å². The van der Waals surface area contributed by atoms with Gasteiger partial charge in [0.2, 0.25) is 6.41 Å². The van der Waals surface area contributed by atoms with E-state index in [1.54, 1.807) is 0 Å². The number of nitrogens with two attached hydrogens (primary N) is 2. The van der Waals surface area contributed by atoms with Crippen LogP contribution in [-0.4, -0.2) is 12.5 Å². The smallest absolute Gasteiger partial charge is 0.204 e. The predicted molar refractivity (Wildman–Crippen MR) is 71.6 cm³/mol. The maximum atomic E-state index is 8.58. The van der Waals surface area contributed by atoms with Crippen molar-refractivity contribution >= 4 is 17.2 Å². The van der Waals surface area contributed by atoms with Gasteiger partial charge in [0.05, 0.1) is 0 Å². The number of carbonyl (C=O) groups is 1. The highest BCUT2D eigenvalue weighted by Crippen LogP contribution is 2.19. The summed E-state index contributed by atoms with van der Waals surface area (Å²) in [7, 11) is 0. The van der Waals surface area contributed by atoms with E-state index in [-0.39, 0.29) is 12.5 Å². The zero-order valence-corrected chi connectivity index (χ0v) is 9.97. The third-order valence-electron chi connectivity index (χ3n) is 2.42. The lowest BCUT2D eigenvalue weighted by Crippen LogP contribution is -2.17. The molecule has 0 radical (unpaired) electrons. The van der Waals surface area contributed by atoms with Gasteiger partial charge in [0.1, 0.15) is 0 Å². The number of benzene rings is 2. The number of amides is 1. The fourth-order valence-electron chi connectivity index (χ4n) is 1.82. The minimum Gasteiger partial charge on any atom is -0.372 e. The average Bonchev–Trinajstić information content (AvgIpc) is 2.30. The van der Waals surface area contributed by atoms with E-state index in [2.05, 4.69) is 48.2 Å². The molecule has 0 unspecified atom stereocenters. The lowest BCUT2D eigenvalue weighted by molar-refractivity contribution is -0.106. The number of fused-ring (bicyclic) bond motifs is 1. The number of rotatable bonds is 2. The Kier molecular flexibility index (Phi) is 5.17. The molecule has 4 N–H and O–H groups in total. The van der Waals surface area contributed by atoms with E-state index in [1.807, 2.05) is 6.92 Å². The number of primary amides is 1. The molecule has 90 valence electrons. The van der Waals surface area contributed by atoms with Crippen molar-refractivity contribution in [2.45, 2.75) is 19.4 Å². The van der Waals surface area contributed by atoms with Crippen LogP contribution < -0.4 is 11.5 Å². The highest BCUT2D eigenvalue weighted by molar-refractivity contribution is 5.85. The molecule has 0 spiro atoms. The van der Waals surface area contributed by atoms with Crippen LogP contribution in [0.3, 0.4) is 0 Å². The highest BCUT2D eigenvalue weighted by Gasteiger charge is 2.01. The first-order valence-corrected chi connectivity index (χ1v) is 5.56. The van der Waals surface area contributed by atoms with Crippen LogP contribution in [-0.2, 0) is 11.2 Å². The minimum atomic E-state index is 0.223. The summed E-state index contributed by atoms with van der Waals surface area (Å²) in [5.41, 5.74) is 11.3. The number of hydrogen-bond acceptors (Lipinski definition) is 2. The predicted octanol–water partition coefficient (Wildman–Crippen LogP) is 1.83. The van der Waals surface area contributed by atoms with Gasteiger partial charge in [-0.05, 0) is 29.7 Å². The van der Waals surface area contributed by atoms with Crippen molar-refractivity contribution in [1.29, 1.82) is 0 Å². The van der Waals surface area contributed by atoms with Gasteiger partial charge in [-0.25, -0.2) is 0 Å². The van der Waals surface area contributed by atoms with Crippen LogP contribution in [0.5, 0.6) is 0 Å². The fourth-order valence-corrected chi connectivity index (χ4v) is 1.82. The minimum absolute atomic E-state index is 0.223. The van der Waals surface area contributed by atoms with Gasteiger partial charge in [-0.1, -0.05) is 42.5 Å². The summed E-state index contributed by atoms with van der Waals surface area (Å²) in [5.74, 6) is 0. The molecule has 0 aromatic heterocycles. The van der Waals surface area contributed by atoms with E-state index in [9.17, 15) is 0 Å². The molecule has 1 amide bonds. The molecule has 3 heteroatoms. The lowest BCUT2D eigenvalue weighted by atomic mass is 10.00. The van der Waals surface area contributed by atoms with E-state index < -0.39 is 0 Å². The van der Waals surface area contributed by atoms with Gasteiger partial charge < -0.3 is 11.5 Å². The monoisotopic (exact) mass is 230 g/mol. The first kappa shape index (κ1) is 13.2. The number of carbonyl (C=O) groups excluding carboxylic acids is 1. The molecular weight excluding hydrogens is 212 g/mol. The van der Waals surface area contributed by atoms with Gasteiger partial charge in [-0.3, -0.25) is 4.79 Å². The fraction of sp³-hybridized carbons (Fsp3) is 0.214. The SMILES string of the molecule is C[C@@H](N)Cc1cccc2ccccc12.NC=O. The molecule has 0 aliphatic heterocycles. The summed E-state index contributed by atoms with van der Waals surface area (Å²) >= 11 is 0. The van der Waals surface area contributed by atoms with Crippen molar-refractivity contribution < 1.29 is 4.79 Å². The quantitative estimate of drug-likeness (QED) is 0.773. The lowest BCUT2D eigenvalue weighted by Gasteiger charge is -2.08. The molecule has 2 rings (SSSR count). The van der Waals surface area contributed by atoms with E-state index in [0.717, 1.165) is 6.42 Å². The molecule has 0 aliphatic rings. The normalized spacial score (nSPS) is 11.4. The molecule has 0 fully saturated rings. The second-order valence-electron chi connectivity index (χ2n) is 3.96. The maximum absolute atomic E-state index is 8.58. The van der Waals surface area contributed by atoms with E-state index >= 15 is 0 Å². The maximum Gasteiger partial charge on any atom is 0.204 e. The van der Waals surface area contributed by atoms with Crippen LogP contribution in [0.15, 0.2) is 42.5 Å². The number of hydrogen-bond donors (Lipinski definition) is 2. The molecule has 0 aliphatic carbocycles. The first-order chi connectivity index (χ1) is 8.19. The molecule has 17 heavy (non-hydrogen) atoms. The average molecular weight is 230 g/mol. The Morgan fingerprint density at radius 3 is 2.41 bits per heavy atom. The molecule has 3 nitrogen and oxygen atoms in total. The zero-order chi connectivity index (χ0) is 12.7. The molecule has 0 bridgehead atoms. The van der Waals surface area contributed by atoms with Gasteiger partial charge in [-0.15, -0.1) is 0 Å². The third kappa shape index (κ3) is 3.89. The standard InChI is InChI=1S/C13H15N.CH3NO/c1-10(14)9-12-7-4-6-11-5-2-3-8-13(11)12;2-1-3/h2-8,10H,9,14H2,1H3;1H,(H2,2,3)/t10-;/m1./s1. The molecule has 0 saturated heterocycles. The second-order valence-corrected chi connectivity index (χ2v) is 3.96. The van der Waals surface area contributed by atoms with Crippen LogP contribution in [0.4, 0.5) is 0 Å². The summed E-state index contributed by atoms with van der Waals surface area (Å²) in [6.45, 7) is 2.04. The largest absolute Gasteiger partial charge is 0.372 e. The van der Waals surface area contributed by atoms with Gasteiger partial charge >= 0.3 is 0 Å². The Morgan fingerprint density at radius 1 is 1.18 bits per heavy atom. The van der Waals surface area contributed by atoms with Crippen molar-refractivity contribution in [3.63, 3.8) is 0 Å². The Balaban J connectivity index is 0.000000437. The summed E-state index contributed by atoms with van der Waals surface area (Å²) in [4.78, 5) is 8.58. The molecule has 1 atom stereocenters. The van der Waals surface area contributed by atoms with Crippen LogP contribution in [0.2, 0.25) is 0 Å². The van der Waals surface area contributed by atoms with Gasteiger partial charge in [0.15, 0.2) is 0 Å². The van der Waals surface area contributed by atoms with Crippen molar-refractivity contribution in [1.82, 2.24) is 0 Å². The van der Waals surface area contributed by atoms with Gasteiger partial charge in [0, 0.05) is 6.04 Å². The summed E-state index contributed by atoms with van der Waals surface area (Å²) in [5, 5.41) is 2.62. The Morgan fingerprint density at radius 2 is 1.76 bits per heavy atom. The molecule has 2 aromatic rings. The first-order valence-electron chi connectivity index (χ1n) is 5.56. The van der Waals surface area contributed by atoms with Crippen LogP contribution in [0.25, 0.3) is 10.8 Å². The van der Waals surface area contributed by atoms with Gasteiger partial charge in [0.25, 0.3) is 0 Å². The van der Waals surface area contributed by atoms with Crippen molar-refractivity contribution in [2.75, 3.05) is 0 Å². The Hall–Kier alpha value is -1.87. The second kappa shape index (κ2) is 6.66. The summed E-state index contributed by atoms with van der Waals surface area (Å²) in [6, 6.07) is 15.1. The van der Waals surface area contributed by atoms with Crippen LogP contribution in [0, 0.1) is 0 Å². The van der Waals surface area contributed by atoms with Crippen molar-refractivity contribution in [3.05, 3.63) is 48.0 Å². The van der Waals surface area contributed by atoms with E-state index in [1.165, 1.54) is 16.3 Å². The van der Waals surface area contributed by atoms with Crippen LogP contribution in [0.1, 0.15) is 12.5 Å². The van der Waals surface area contributed by atoms with Gasteiger partial charge in [-0.2, -0.15) is 0 Å². The van der Waals surface area contributed by atoms with Crippen molar-refractivity contribution in [3.8, 4) is 0 Å². The summed E-state index contributed by atoms with van der Waals surface area (Å²) in [6.07, 6.45) is 1.20. The molecular formula is C14H18N2O. The Labute approximate surface area is 101 Å². The topological polar surface area (TPSA) is 69.1 Å². The van der Waals surface area contributed by atoms with E-state index in [4.69, 9.17) is 10.5 Å². The molecule has 0 saturated carbocycles. The zero-order valence-electron chi connectivity index (χ0n) is 9.97. The van der Waals surface area contributed by atoms with Crippen molar-refractivity contribution in [2.24, 2.45) is 11.5 Å². The third-order valence-corrected chi connectivity index (χ3v) is 2.42. The highest BCUT2D eigenvalue weighted by atomic mass is 16.1. The Bertz CT molecular complexity index is 475. The molecule has 0 heterocycles. The van der Waals surface area contributed by atoms with Crippen LogP contribution >= 0.6 is 0 Å². The summed E-state index contributed by atoms with van der Waals surface area (Å²) < 4.78 is 0.